The summed E-state index contributed by atoms with van der Waals surface area (Å²) in [5, 5.41) is 13.8. The summed E-state index contributed by atoms with van der Waals surface area (Å²) < 4.78 is 0. The van der Waals surface area contributed by atoms with E-state index in [4.69, 9.17) is 23.2 Å². The molecule has 9 nitrogen and oxygen atoms in total. The molecule has 2 N–H and O–H groups in total. The van der Waals surface area contributed by atoms with E-state index < -0.39 is 17.1 Å². The van der Waals surface area contributed by atoms with Crippen molar-refractivity contribution in [1.82, 2.24) is 5.32 Å². The average molecular weight is 721 g/mol. The van der Waals surface area contributed by atoms with Crippen molar-refractivity contribution in [3.63, 3.8) is 0 Å². The third-order valence-corrected chi connectivity index (χ3v) is 9.31. The van der Waals surface area contributed by atoms with Crippen molar-refractivity contribution in [2.75, 3.05) is 10.2 Å². The van der Waals surface area contributed by atoms with Crippen molar-refractivity contribution in [2.45, 2.75) is 16.6 Å². The van der Waals surface area contributed by atoms with Gasteiger partial charge in [0.15, 0.2) is 0 Å². The molecule has 1 unspecified atom stereocenters. The number of azo groups is 1. The first-order chi connectivity index (χ1) is 24.2. The fraction of sp³-hybridized carbons (Fsp3) is 0.0526. The summed E-state index contributed by atoms with van der Waals surface area (Å²) in [5.74, 6) is -1.72. The largest absolute Gasteiger partial charge is 0.321 e. The quantitative estimate of drug-likeness (QED) is 0.0847. The Labute approximate surface area is 302 Å². The number of nitrogens with one attached hydrogen (secondary N) is 2. The highest BCUT2D eigenvalue weighted by molar-refractivity contribution is 8.00. The highest BCUT2D eigenvalue weighted by Gasteiger charge is 2.40. The number of carbonyl (C=O) groups excluding carboxylic acids is 4. The number of hydrogen-bond donors (Lipinski definition) is 2. The smallest absolute Gasteiger partial charge is 0.272 e. The zero-order valence-electron chi connectivity index (χ0n) is 26.1. The molecule has 0 radical (unpaired) electrons. The van der Waals surface area contributed by atoms with Gasteiger partial charge < -0.3 is 10.6 Å². The van der Waals surface area contributed by atoms with E-state index in [1.807, 2.05) is 30.3 Å². The van der Waals surface area contributed by atoms with Crippen molar-refractivity contribution < 1.29 is 19.2 Å². The number of nitrogens with zero attached hydrogens (tertiary/aromatic N) is 3. The number of anilines is 2. The maximum atomic E-state index is 13.5. The van der Waals surface area contributed by atoms with Crippen molar-refractivity contribution in [2.24, 2.45) is 10.2 Å². The van der Waals surface area contributed by atoms with Crippen LogP contribution in [0.2, 0.25) is 10.0 Å². The molecule has 1 aliphatic rings. The molecule has 5 aromatic carbocycles. The molecule has 1 saturated heterocycles. The Hall–Kier alpha value is -5.55. The van der Waals surface area contributed by atoms with Crippen LogP contribution in [0.1, 0.15) is 22.3 Å². The third-order valence-electron chi connectivity index (χ3n) is 7.46. The number of rotatable bonds is 10. The minimum Gasteiger partial charge on any atom is -0.321 e. The lowest BCUT2D eigenvalue weighted by molar-refractivity contribution is -0.121. The minimum atomic E-state index is -0.622. The number of benzene rings is 5. The predicted molar refractivity (Wildman–Crippen MR) is 197 cm³/mol. The first-order valence-corrected chi connectivity index (χ1v) is 16.9. The lowest BCUT2D eigenvalue weighted by Crippen LogP contribution is -2.31. The van der Waals surface area contributed by atoms with E-state index in [1.54, 1.807) is 97.1 Å². The zero-order chi connectivity index (χ0) is 35.0. The normalized spacial score (nSPS) is 14.6. The van der Waals surface area contributed by atoms with Gasteiger partial charge >= 0.3 is 0 Å². The molecule has 0 bridgehead atoms. The van der Waals surface area contributed by atoms with Gasteiger partial charge in [-0.3, -0.25) is 19.2 Å². The van der Waals surface area contributed by atoms with Gasteiger partial charge in [0, 0.05) is 38.2 Å². The van der Waals surface area contributed by atoms with Crippen LogP contribution in [0, 0.1) is 0 Å². The number of halogens is 2. The zero-order valence-corrected chi connectivity index (χ0v) is 28.5. The van der Waals surface area contributed by atoms with E-state index in [9.17, 15) is 19.2 Å². The van der Waals surface area contributed by atoms with Gasteiger partial charge in [-0.25, -0.2) is 4.90 Å². The van der Waals surface area contributed by atoms with Gasteiger partial charge in [-0.1, -0.05) is 65.7 Å². The molecule has 0 saturated carbocycles. The fourth-order valence-corrected chi connectivity index (χ4v) is 6.52. The van der Waals surface area contributed by atoms with Crippen LogP contribution in [0.5, 0.6) is 0 Å². The molecule has 1 aliphatic heterocycles. The molecule has 248 valence electrons. The Bertz CT molecular complexity index is 2090. The van der Waals surface area contributed by atoms with E-state index in [0.717, 1.165) is 4.90 Å². The average Bonchev–Trinajstić information content (AvgIpc) is 3.41. The van der Waals surface area contributed by atoms with E-state index in [2.05, 4.69) is 20.9 Å². The maximum absolute atomic E-state index is 13.5. The molecule has 1 fully saturated rings. The van der Waals surface area contributed by atoms with Gasteiger partial charge in [0.05, 0.1) is 22.3 Å². The molecule has 50 heavy (non-hydrogen) atoms. The monoisotopic (exact) mass is 719 g/mol. The molecular weight excluding hydrogens is 693 g/mol. The SMILES string of the molecule is O=C(Nc1ccc(SC2CC(=O)N(c3ccc(N=Nc4ccccc4)cc3)C2=O)cc1)C(=Cc1c(Cl)cccc1Cl)NC(=O)c1ccccc1. The summed E-state index contributed by atoms with van der Waals surface area (Å²) in [7, 11) is 0. The molecule has 5 aromatic rings. The van der Waals surface area contributed by atoms with Crippen LogP contribution in [0.15, 0.2) is 148 Å². The van der Waals surface area contributed by atoms with Crippen LogP contribution in [0.25, 0.3) is 6.08 Å². The Morgan fingerprint density at radius 2 is 1.34 bits per heavy atom. The van der Waals surface area contributed by atoms with E-state index in [1.165, 1.54) is 22.7 Å². The van der Waals surface area contributed by atoms with Crippen LogP contribution in [0.4, 0.5) is 22.7 Å². The van der Waals surface area contributed by atoms with Gasteiger partial charge in [0.1, 0.15) is 5.70 Å². The number of hydrogen-bond acceptors (Lipinski definition) is 7. The molecule has 12 heteroatoms. The van der Waals surface area contributed by atoms with Gasteiger partial charge in [-0.2, -0.15) is 10.2 Å². The Kier molecular flexibility index (Phi) is 10.8. The lowest BCUT2D eigenvalue weighted by Gasteiger charge is -2.15. The maximum Gasteiger partial charge on any atom is 0.272 e. The highest BCUT2D eigenvalue weighted by atomic mass is 35.5. The van der Waals surface area contributed by atoms with Crippen molar-refractivity contribution >= 4 is 87.4 Å². The van der Waals surface area contributed by atoms with E-state index in [-0.39, 0.29) is 23.9 Å². The second-order valence-corrected chi connectivity index (χ2v) is 13.0. The molecule has 0 aromatic heterocycles. The highest BCUT2D eigenvalue weighted by Crippen LogP contribution is 2.35. The third kappa shape index (κ3) is 8.35. The fourth-order valence-electron chi connectivity index (χ4n) is 4.96. The lowest BCUT2D eigenvalue weighted by atomic mass is 10.1. The summed E-state index contributed by atoms with van der Waals surface area (Å²) in [4.78, 5) is 54.6. The second kappa shape index (κ2) is 15.8. The van der Waals surface area contributed by atoms with Crippen LogP contribution < -0.4 is 15.5 Å². The minimum absolute atomic E-state index is 0.0390. The van der Waals surface area contributed by atoms with Crippen molar-refractivity contribution in [3.8, 4) is 0 Å². The number of thioether (sulfide) groups is 1. The van der Waals surface area contributed by atoms with Crippen molar-refractivity contribution in [3.05, 3.63) is 154 Å². The van der Waals surface area contributed by atoms with E-state index >= 15 is 0 Å². The topological polar surface area (TPSA) is 120 Å². The first-order valence-electron chi connectivity index (χ1n) is 15.3. The van der Waals surface area contributed by atoms with Gasteiger partial charge in [-0.05, 0) is 91.0 Å². The van der Waals surface area contributed by atoms with Crippen LogP contribution in [-0.4, -0.2) is 28.9 Å². The second-order valence-electron chi connectivity index (χ2n) is 10.9. The van der Waals surface area contributed by atoms with Gasteiger partial charge in [0.25, 0.3) is 11.8 Å². The molecule has 6 rings (SSSR count). The Morgan fingerprint density at radius 3 is 1.98 bits per heavy atom. The molecule has 1 heterocycles. The Balaban J connectivity index is 1.11. The van der Waals surface area contributed by atoms with Gasteiger partial charge in [0.2, 0.25) is 11.8 Å². The summed E-state index contributed by atoms with van der Waals surface area (Å²) in [5.41, 5.74) is 2.85. The summed E-state index contributed by atoms with van der Waals surface area (Å²) in [6, 6.07) is 36.3. The molecule has 0 aliphatic carbocycles. The van der Waals surface area contributed by atoms with Crippen LogP contribution >= 0.6 is 35.0 Å². The summed E-state index contributed by atoms with van der Waals surface area (Å²) in [6.45, 7) is 0. The van der Waals surface area contributed by atoms with Crippen LogP contribution in [0.3, 0.4) is 0 Å². The van der Waals surface area contributed by atoms with Gasteiger partial charge in [-0.15, -0.1) is 11.8 Å². The number of carbonyl (C=O) groups is 4. The standard InChI is InChI=1S/C38H27Cl2N5O4S/c39-31-12-7-13-32(40)30(31)22-33(42-36(47)24-8-3-1-4-9-24)37(48)41-25-16-20-29(21-17-25)50-34-23-35(46)45(38(34)49)28-18-14-27(15-19-28)44-43-26-10-5-2-6-11-26/h1-22,34H,23H2,(H,41,48)(H,42,47). The summed E-state index contributed by atoms with van der Waals surface area (Å²) in [6.07, 6.45) is 1.46. The van der Waals surface area contributed by atoms with E-state index in [0.29, 0.717) is 43.9 Å². The molecular formula is C38H27Cl2N5O4S. The molecule has 1 atom stereocenters. The Morgan fingerprint density at radius 1 is 0.740 bits per heavy atom. The summed E-state index contributed by atoms with van der Waals surface area (Å²) >= 11 is 14.0. The van der Waals surface area contributed by atoms with Crippen molar-refractivity contribution in [1.29, 1.82) is 0 Å². The predicted octanol–water partition coefficient (Wildman–Crippen LogP) is 9.24. The first kappa shape index (κ1) is 34.3. The molecule has 4 amide bonds. The number of amides is 4. The molecule has 0 spiro atoms. The number of imide groups is 1. The van der Waals surface area contributed by atoms with Crippen LogP contribution in [-0.2, 0) is 14.4 Å².